The van der Waals surface area contributed by atoms with Crippen molar-refractivity contribution in [3.63, 3.8) is 0 Å². The number of hydrogen-bond donors (Lipinski definition) is 3. The second kappa shape index (κ2) is 7.44. The van der Waals surface area contributed by atoms with Crippen molar-refractivity contribution in [2.75, 3.05) is 13.7 Å². The van der Waals surface area contributed by atoms with Crippen molar-refractivity contribution >= 4 is 12.0 Å². The highest BCUT2D eigenvalue weighted by atomic mass is 19.1. The zero-order valence-electron chi connectivity index (χ0n) is 11.0. The maximum Gasteiger partial charge on any atom is 0.326 e. The molecule has 0 aliphatic heterocycles. The molecule has 0 radical (unpaired) electrons. The molecule has 7 heteroatoms. The molecule has 0 heterocycles. The number of carboxylic acids is 1. The number of carbonyl (C=O) groups is 2. The summed E-state index contributed by atoms with van der Waals surface area (Å²) in [5, 5.41) is 19.9. The Morgan fingerprint density at radius 3 is 2.60 bits per heavy atom. The Morgan fingerprint density at radius 1 is 1.40 bits per heavy atom. The number of aliphatic hydroxyl groups is 1. The van der Waals surface area contributed by atoms with Gasteiger partial charge in [-0.2, -0.15) is 0 Å². The van der Waals surface area contributed by atoms with Crippen molar-refractivity contribution in [2.45, 2.75) is 19.0 Å². The van der Waals surface area contributed by atoms with Crippen LogP contribution in [0.25, 0.3) is 0 Å². The Morgan fingerprint density at radius 2 is 2.05 bits per heavy atom. The number of aliphatic hydroxyl groups excluding tert-OH is 1. The van der Waals surface area contributed by atoms with Gasteiger partial charge in [0.05, 0.1) is 0 Å². The molecular weight excluding hydrogens is 267 g/mol. The van der Waals surface area contributed by atoms with Crippen LogP contribution in [-0.2, 0) is 11.3 Å². The van der Waals surface area contributed by atoms with Crippen LogP contribution in [0.15, 0.2) is 24.3 Å². The summed E-state index contributed by atoms with van der Waals surface area (Å²) in [4.78, 5) is 23.8. The molecule has 0 aromatic heterocycles. The lowest BCUT2D eigenvalue weighted by Crippen LogP contribution is -2.46. The molecule has 1 aromatic rings. The van der Waals surface area contributed by atoms with Crippen LogP contribution in [0, 0.1) is 5.82 Å². The van der Waals surface area contributed by atoms with Crippen LogP contribution in [0.3, 0.4) is 0 Å². The molecule has 0 saturated carbocycles. The first-order chi connectivity index (χ1) is 9.45. The number of rotatable bonds is 6. The summed E-state index contributed by atoms with van der Waals surface area (Å²) in [6, 6.07) is 4.20. The van der Waals surface area contributed by atoms with E-state index in [9.17, 15) is 14.0 Å². The van der Waals surface area contributed by atoms with Crippen molar-refractivity contribution in [1.29, 1.82) is 0 Å². The van der Waals surface area contributed by atoms with Crippen LogP contribution < -0.4 is 5.32 Å². The van der Waals surface area contributed by atoms with Gasteiger partial charge in [-0.05, 0) is 6.07 Å². The topological polar surface area (TPSA) is 89.9 Å². The highest BCUT2D eigenvalue weighted by molar-refractivity contribution is 5.82. The largest absolute Gasteiger partial charge is 0.480 e. The number of halogens is 1. The van der Waals surface area contributed by atoms with Crippen molar-refractivity contribution in [1.82, 2.24) is 10.2 Å². The zero-order valence-corrected chi connectivity index (χ0v) is 11.0. The van der Waals surface area contributed by atoms with E-state index >= 15 is 0 Å². The zero-order chi connectivity index (χ0) is 15.1. The quantitative estimate of drug-likeness (QED) is 0.721. The predicted octanol–water partition coefficient (Wildman–Crippen LogP) is 0.803. The summed E-state index contributed by atoms with van der Waals surface area (Å²) in [5.41, 5.74) is 0.333. The summed E-state index contributed by atoms with van der Waals surface area (Å²) in [6.07, 6.45) is -0.0887. The number of nitrogens with one attached hydrogen (secondary N) is 1. The first kappa shape index (κ1) is 15.9. The van der Waals surface area contributed by atoms with Crippen molar-refractivity contribution in [3.05, 3.63) is 35.6 Å². The molecule has 0 spiro atoms. The minimum Gasteiger partial charge on any atom is -0.480 e. The van der Waals surface area contributed by atoms with E-state index in [1.54, 1.807) is 18.2 Å². The van der Waals surface area contributed by atoms with Crippen LogP contribution in [0.1, 0.15) is 12.0 Å². The Kier molecular flexibility index (Phi) is 5.92. The number of carbonyl (C=O) groups excluding carboxylic acids is 1. The third-order valence-corrected chi connectivity index (χ3v) is 2.73. The summed E-state index contributed by atoms with van der Waals surface area (Å²) in [6.45, 7) is -0.335. The van der Waals surface area contributed by atoms with Gasteiger partial charge < -0.3 is 20.4 Å². The third-order valence-electron chi connectivity index (χ3n) is 2.73. The molecule has 0 unspecified atom stereocenters. The lowest BCUT2D eigenvalue weighted by Gasteiger charge is -2.21. The molecule has 6 nitrogen and oxygen atoms in total. The number of urea groups is 1. The minimum absolute atomic E-state index is 0.0178. The van der Waals surface area contributed by atoms with Crippen molar-refractivity contribution in [2.24, 2.45) is 0 Å². The fraction of sp³-hybridized carbons (Fsp3) is 0.385. The summed E-state index contributed by atoms with van der Waals surface area (Å²) >= 11 is 0. The normalized spacial score (nSPS) is 11.8. The Balaban J connectivity index is 2.63. The molecule has 0 bridgehead atoms. The van der Waals surface area contributed by atoms with E-state index in [2.05, 4.69) is 5.32 Å². The van der Waals surface area contributed by atoms with Gasteiger partial charge >= 0.3 is 12.0 Å². The van der Waals surface area contributed by atoms with Crippen LogP contribution in [0.4, 0.5) is 9.18 Å². The van der Waals surface area contributed by atoms with Gasteiger partial charge in [-0.25, -0.2) is 14.0 Å². The SMILES string of the molecule is CN(Cc1ccccc1F)C(=O)N[C@H](CCO)C(=O)O. The van der Waals surface area contributed by atoms with E-state index in [0.717, 1.165) is 0 Å². The standard InChI is InChI=1S/C13H17FN2O4/c1-16(8-9-4-2-3-5-10(9)14)13(20)15-11(6-7-17)12(18)19/h2-5,11,17H,6-8H2,1H3,(H,15,20)(H,18,19)/t11-/m1/s1. The molecule has 20 heavy (non-hydrogen) atoms. The lowest BCUT2D eigenvalue weighted by molar-refractivity contribution is -0.139. The van der Waals surface area contributed by atoms with Gasteiger partial charge in [0.25, 0.3) is 0 Å². The molecule has 2 amide bonds. The Hall–Kier alpha value is -2.15. The van der Waals surface area contributed by atoms with Gasteiger partial charge in [-0.1, -0.05) is 18.2 Å². The summed E-state index contributed by atoms with van der Waals surface area (Å²) < 4.78 is 13.4. The number of hydrogen-bond acceptors (Lipinski definition) is 3. The average molecular weight is 284 g/mol. The van der Waals surface area contributed by atoms with E-state index in [4.69, 9.17) is 10.2 Å². The van der Waals surface area contributed by atoms with Gasteiger partial charge in [0.1, 0.15) is 11.9 Å². The molecule has 1 atom stereocenters. The van der Waals surface area contributed by atoms with E-state index in [1.807, 2.05) is 0 Å². The first-order valence-electron chi connectivity index (χ1n) is 6.04. The number of carboxylic acid groups (broad SMARTS) is 1. The molecule has 0 aliphatic carbocycles. The molecule has 1 rings (SSSR count). The van der Waals surface area contributed by atoms with E-state index < -0.39 is 23.9 Å². The fourth-order valence-corrected chi connectivity index (χ4v) is 1.60. The summed E-state index contributed by atoms with van der Waals surface area (Å²) in [7, 11) is 1.43. The minimum atomic E-state index is -1.23. The van der Waals surface area contributed by atoms with E-state index in [-0.39, 0.29) is 19.6 Å². The van der Waals surface area contributed by atoms with Gasteiger partial charge in [-0.15, -0.1) is 0 Å². The molecule has 0 saturated heterocycles. The Bertz CT molecular complexity index is 481. The lowest BCUT2D eigenvalue weighted by atomic mass is 10.2. The maximum atomic E-state index is 13.4. The predicted molar refractivity (Wildman–Crippen MR) is 69.5 cm³/mol. The number of aliphatic carboxylic acids is 1. The molecule has 0 aliphatic rings. The van der Waals surface area contributed by atoms with Crippen LogP contribution >= 0.6 is 0 Å². The Labute approximate surface area is 115 Å². The van der Waals surface area contributed by atoms with Gasteiger partial charge in [0.15, 0.2) is 0 Å². The smallest absolute Gasteiger partial charge is 0.326 e. The number of amides is 2. The van der Waals surface area contributed by atoms with Crippen LogP contribution in [0.2, 0.25) is 0 Å². The van der Waals surface area contributed by atoms with Gasteiger partial charge in [0.2, 0.25) is 0 Å². The fourth-order valence-electron chi connectivity index (χ4n) is 1.60. The van der Waals surface area contributed by atoms with E-state index in [1.165, 1.54) is 18.0 Å². The monoisotopic (exact) mass is 284 g/mol. The van der Waals surface area contributed by atoms with E-state index in [0.29, 0.717) is 5.56 Å². The van der Waals surface area contributed by atoms with Crippen molar-refractivity contribution < 1.29 is 24.2 Å². The number of benzene rings is 1. The first-order valence-corrected chi connectivity index (χ1v) is 6.04. The third kappa shape index (κ3) is 4.51. The molecular formula is C13H17FN2O4. The maximum absolute atomic E-state index is 13.4. The molecule has 110 valence electrons. The number of nitrogens with zero attached hydrogens (tertiary/aromatic N) is 1. The second-order valence-corrected chi connectivity index (χ2v) is 4.30. The van der Waals surface area contributed by atoms with Crippen molar-refractivity contribution in [3.8, 4) is 0 Å². The highest BCUT2D eigenvalue weighted by Crippen LogP contribution is 2.09. The highest BCUT2D eigenvalue weighted by Gasteiger charge is 2.21. The second-order valence-electron chi connectivity index (χ2n) is 4.30. The molecule has 1 aromatic carbocycles. The molecule has 0 fully saturated rings. The summed E-state index contributed by atoms with van der Waals surface area (Å²) in [5.74, 6) is -1.66. The van der Waals surface area contributed by atoms with Gasteiger partial charge in [0, 0.05) is 32.2 Å². The van der Waals surface area contributed by atoms with Crippen LogP contribution in [0.5, 0.6) is 0 Å². The molecule has 3 N–H and O–H groups in total. The van der Waals surface area contributed by atoms with Crippen LogP contribution in [-0.4, -0.2) is 46.8 Å². The average Bonchev–Trinajstić information content (AvgIpc) is 2.40. The van der Waals surface area contributed by atoms with Gasteiger partial charge in [-0.3, -0.25) is 0 Å².